The van der Waals surface area contributed by atoms with Gasteiger partial charge in [0.2, 0.25) is 11.8 Å². The highest BCUT2D eigenvalue weighted by Crippen LogP contribution is 2.42. The molecule has 0 saturated carbocycles. The minimum Gasteiger partial charge on any atom is -0.350 e. The fourth-order valence-corrected chi connectivity index (χ4v) is 4.33. The maximum atomic E-state index is 12.5. The van der Waals surface area contributed by atoms with Crippen LogP contribution in [-0.2, 0) is 16.1 Å². The molecule has 1 aromatic heterocycles. The summed E-state index contributed by atoms with van der Waals surface area (Å²) in [4.78, 5) is 30.5. The molecule has 2 atom stereocenters. The van der Waals surface area contributed by atoms with Crippen LogP contribution in [-0.4, -0.2) is 33.5 Å². The minimum atomic E-state index is -0.583. The number of carbonyl (C=O) groups is 2. The Bertz CT molecular complexity index is 772. The fraction of sp³-hybridized carbons (Fsp3) is 0.278. The van der Waals surface area contributed by atoms with Crippen LogP contribution in [0.3, 0.4) is 0 Å². The molecule has 2 aromatic rings. The maximum absolute atomic E-state index is 12.5. The van der Waals surface area contributed by atoms with Gasteiger partial charge in [0.25, 0.3) is 0 Å². The Labute approximate surface area is 155 Å². The van der Waals surface area contributed by atoms with Gasteiger partial charge in [-0.1, -0.05) is 35.9 Å². The fourth-order valence-electron chi connectivity index (χ4n) is 2.74. The first-order valence-corrected chi connectivity index (χ1v) is 9.34. The normalized spacial score (nSPS) is 18.2. The Kier molecular flexibility index (Phi) is 5.60. The second-order valence-corrected chi connectivity index (χ2v) is 7.22. The van der Waals surface area contributed by atoms with E-state index >= 15 is 0 Å². The molecule has 0 bridgehead atoms. The summed E-state index contributed by atoms with van der Waals surface area (Å²) in [7, 11) is 0. The lowest BCUT2D eigenvalue weighted by Gasteiger charge is -2.30. The number of thioether (sulfide) groups is 1. The number of carbonyl (C=O) groups excluding carboxylic acids is 2. The van der Waals surface area contributed by atoms with Gasteiger partial charge in [0.15, 0.2) is 0 Å². The van der Waals surface area contributed by atoms with Crippen molar-refractivity contribution in [2.75, 3.05) is 5.75 Å². The van der Waals surface area contributed by atoms with E-state index in [9.17, 15) is 9.59 Å². The van der Waals surface area contributed by atoms with E-state index in [1.165, 1.54) is 11.8 Å². The number of hydrogen-bond acceptors (Lipinski definition) is 4. The summed E-state index contributed by atoms with van der Waals surface area (Å²) in [5, 5.41) is 3.22. The van der Waals surface area contributed by atoms with Crippen molar-refractivity contribution in [1.82, 2.24) is 15.2 Å². The first kappa shape index (κ1) is 17.8. The summed E-state index contributed by atoms with van der Waals surface area (Å²) >= 11 is 7.77. The second-order valence-electron chi connectivity index (χ2n) is 5.74. The molecule has 2 amide bonds. The van der Waals surface area contributed by atoms with Crippen molar-refractivity contribution in [2.24, 2.45) is 0 Å². The van der Waals surface area contributed by atoms with E-state index in [4.69, 9.17) is 11.6 Å². The zero-order chi connectivity index (χ0) is 17.8. The Morgan fingerprint density at radius 1 is 1.40 bits per heavy atom. The third kappa shape index (κ3) is 3.96. The monoisotopic (exact) mass is 375 g/mol. The van der Waals surface area contributed by atoms with Gasteiger partial charge < -0.3 is 10.2 Å². The molecule has 1 aromatic carbocycles. The number of pyridine rings is 1. The van der Waals surface area contributed by atoms with E-state index in [-0.39, 0.29) is 17.2 Å². The molecule has 1 aliphatic heterocycles. The largest absolute Gasteiger partial charge is 0.350 e. The molecule has 0 radical (unpaired) electrons. The van der Waals surface area contributed by atoms with Crippen molar-refractivity contribution in [2.45, 2.75) is 24.9 Å². The van der Waals surface area contributed by atoms with Gasteiger partial charge in [-0.05, 0) is 24.6 Å². The molecule has 1 aliphatic rings. The highest BCUT2D eigenvalue weighted by molar-refractivity contribution is 8.00. The number of rotatable bonds is 5. The predicted molar refractivity (Wildman–Crippen MR) is 99.0 cm³/mol. The van der Waals surface area contributed by atoms with E-state index in [0.717, 1.165) is 11.1 Å². The topological polar surface area (TPSA) is 62.3 Å². The van der Waals surface area contributed by atoms with E-state index in [1.54, 1.807) is 30.3 Å². The van der Waals surface area contributed by atoms with Crippen LogP contribution >= 0.6 is 23.4 Å². The predicted octanol–water partition coefficient (Wildman–Crippen LogP) is 3.01. The number of aromatic nitrogens is 1. The Morgan fingerprint density at radius 3 is 2.92 bits per heavy atom. The summed E-state index contributed by atoms with van der Waals surface area (Å²) in [5.41, 5.74) is 1.76. The van der Waals surface area contributed by atoms with Crippen LogP contribution in [0.15, 0.2) is 48.8 Å². The van der Waals surface area contributed by atoms with E-state index in [0.29, 0.717) is 17.3 Å². The van der Waals surface area contributed by atoms with Crippen molar-refractivity contribution in [3.63, 3.8) is 0 Å². The van der Waals surface area contributed by atoms with Gasteiger partial charge in [-0.2, -0.15) is 0 Å². The van der Waals surface area contributed by atoms with Crippen LogP contribution in [0.5, 0.6) is 0 Å². The van der Waals surface area contributed by atoms with Crippen LogP contribution in [0.25, 0.3) is 0 Å². The molecule has 3 rings (SSSR count). The van der Waals surface area contributed by atoms with Gasteiger partial charge in [-0.15, -0.1) is 11.8 Å². The molecule has 1 N–H and O–H groups in total. The van der Waals surface area contributed by atoms with E-state index < -0.39 is 6.04 Å². The average Bonchev–Trinajstić information content (AvgIpc) is 3.01. The van der Waals surface area contributed by atoms with E-state index in [2.05, 4.69) is 10.3 Å². The minimum absolute atomic E-state index is 0.0565. The number of nitrogens with zero attached hydrogens (tertiary/aromatic N) is 2. The Morgan fingerprint density at radius 2 is 2.20 bits per heavy atom. The smallest absolute Gasteiger partial charge is 0.242 e. The lowest BCUT2D eigenvalue weighted by molar-refractivity contribution is -0.137. The Hall–Kier alpha value is -2.05. The Balaban J connectivity index is 1.72. The zero-order valence-electron chi connectivity index (χ0n) is 13.7. The molecule has 130 valence electrons. The maximum Gasteiger partial charge on any atom is 0.242 e. The van der Waals surface area contributed by atoms with Gasteiger partial charge in [0.05, 0.1) is 5.75 Å². The van der Waals surface area contributed by atoms with Crippen LogP contribution in [0, 0.1) is 0 Å². The molecule has 1 fully saturated rings. The van der Waals surface area contributed by atoms with E-state index in [1.807, 2.05) is 30.3 Å². The molecule has 1 saturated heterocycles. The first-order valence-electron chi connectivity index (χ1n) is 7.91. The van der Waals surface area contributed by atoms with Crippen molar-refractivity contribution in [1.29, 1.82) is 0 Å². The van der Waals surface area contributed by atoms with Gasteiger partial charge >= 0.3 is 0 Å². The van der Waals surface area contributed by atoms with Gasteiger partial charge in [0.1, 0.15) is 11.4 Å². The summed E-state index contributed by atoms with van der Waals surface area (Å²) in [6.45, 7) is 2.12. The number of halogens is 1. The molecule has 2 unspecified atom stereocenters. The third-order valence-electron chi connectivity index (χ3n) is 4.06. The number of benzene rings is 1. The van der Waals surface area contributed by atoms with Crippen LogP contribution in [0.1, 0.15) is 23.4 Å². The SMILES string of the molecule is CC(C(=O)NCc1cccnc1)N1C(=O)CSC1c1ccccc1Cl. The lowest BCUT2D eigenvalue weighted by Crippen LogP contribution is -2.46. The van der Waals surface area contributed by atoms with Crippen molar-refractivity contribution in [3.05, 3.63) is 64.9 Å². The summed E-state index contributed by atoms with van der Waals surface area (Å²) in [6, 6.07) is 10.6. The first-order chi connectivity index (χ1) is 12.1. The number of amides is 2. The highest BCUT2D eigenvalue weighted by Gasteiger charge is 2.39. The van der Waals surface area contributed by atoms with Gasteiger partial charge in [-0.3, -0.25) is 14.6 Å². The average molecular weight is 376 g/mol. The van der Waals surface area contributed by atoms with Gasteiger partial charge in [0, 0.05) is 29.5 Å². The van der Waals surface area contributed by atoms with Crippen molar-refractivity contribution < 1.29 is 9.59 Å². The molecule has 7 heteroatoms. The third-order valence-corrected chi connectivity index (χ3v) is 5.62. The summed E-state index contributed by atoms with van der Waals surface area (Å²) in [5.74, 6) is 0.0894. The molecular formula is C18H18ClN3O2S. The highest BCUT2D eigenvalue weighted by atomic mass is 35.5. The number of hydrogen-bond donors (Lipinski definition) is 1. The molecular weight excluding hydrogens is 358 g/mol. The lowest BCUT2D eigenvalue weighted by atomic mass is 10.1. The molecule has 0 aliphatic carbocycles. The van der Waals surface area contributed by atoms with Crippen LogP contribution in [0.2, 0.25) is 5.02 Å². The standard InChI is InChI=1S/C18H18ClN3O2S/c1-12(17(24)21-10-13-5-4-8-20-9-13)22-16(23)11-25-18(22)14-6-2-3-7-15(14)19/h2-9,12,18H,10-11H2,1H3,(H,21,24). The molecule has 0 spiro atoms. The summed E-state index contributed by atoms with van der Waals surface area (Å²) in [6.07, 6.45) is 3.39. The zero-order valence-corrected chi connectivity index (χ0v) is 15.3. The van der Waals surface area contributed by atoms with Gasteiger partial charge in [-0.25, -0.2) is 0 Å². The number of nitrogens with one attached hydrogen (secondary N) is 1. The van der Waals surface area contributed by atoms with Crippen LogP contribution in [0.4, 0.5) is 0 Å². The second kappa shape index (κ2) is 7.89. The molecule has 2 heterocycles. The van der Waals surface area contributed by atoms with Crippen molar-refractivity contribution >= 4 is 35.2 Å². The van der Waals surface area contributed by atoms with Crippen LogP contribution < -0.4 is 5.32 Å². The molecule has 5 nitrogen and oxygen atoms in total. The summed E-state index contributed by atoms with van der Waals surface area (Å²) < 4.78 is 0. The van der Waals surface area contributed by atoms with Crippen molar-refractivity contribution in [3.8, 4) is 0 Å². The quantitative estimate of drug-likeness (QED) is 0.872. The molecule has 25 heavy (non-hydrogen) atoms.